The van der Waals surface area contributed by atoms with Crippen molar-refractivity contribution in [3.63, 3.8) is 0 Å². The molecule has 0 aromatic heterocycles. The van der Waals surface area contributed by atoms with Gasteiger partial charge in [-0.25, -0.2) is 14.7 Å². The van der Waals surface area contributed by atoms with Gasteiger partial charge in [-0.05, 0) is 37.1 Å². The molecule has 27 heavy (non-hydrogen) atoms. The number of hydroxylamine groups is 1. The summed E-state index contributed by atoms with van der Waals surface area (Å²) in [6, 6.07) is 4.76. The molecule has 0 atom stereocenters. The minimum absolute atomic E-state index is 0.278. The van der Waals surface area contributed by atoms with E-state index in [1.807, 2.05) is 0 Å². The third-order valence-corrected chi connectivity index (χ3v) is 6.48. The van der Waals surface area contributed by atoms with Gasteiger partial charge in [0.25, 0.3) is 10.2 Å². The lowest BCUT2D eigenvalue weighted by Gasteiger charge is -2.35. The molecule has 0 unspecified atom stereocenters. The third-order valence-electron chi connectivity index (χ3n) is 4.44. The Morgan fingerprint density at radius 3 is 2.30 bits per heavy atom. The summed E-state index contributed by atoms with van der Waals surface area (Å²) in [5.74, 6) is -0.393. The Labute approximate surface area is 157 Å². The highest BCUT2D eigenvalue weighted by Crippen LogP contribution is 2.19. The predicted octanol–water partition coefficient (Wildman–Crippen LogP) is 0.920. The molecule has 2 aliphatic heterocycles. The van der Waals surface area contributed by atoms with Crippen LogP contribution in [0.5, 0.6) is 0 Å². The summed E-state index contributed by atoms with van der Waals surface area (Å²) in [6.45, 7) is 2.20. The quantitative estimate of drug-likeness (QED) is 0.714. The molecule has 0 bridgehead atoms. The molecular weight excluding hydrogens is 379 g/mol. The van der Waals surface area contributed by atoms with Gasteiger partial charge in [-0.2, -0.15) is 17.0 Å². The topological polar surface area (TPSA) is 100 Å². The summed E-state index contributed by atoms with van der Waals surface area (Å²) in [5.41, 5.74) is 2.73. The van der Waals surface area contributed by atoms with Crippen LogP contribution in [0.1, 0.15) is 12.8 Å². The van der Waals surface area contributed by atoms with Gasteiger partial charge in [0.2, 0.25) is 0 Å². The average Bonchev–Trinajstić information content (AvgIpc) is 2.69. The molecule has 150 valence electrons. The Kier molecular flexibility index (Phi) is 6.60. The SMILES string of the molecule is O=C(NOC1CCN(S(=O)(=O)N2CCOCC2)CC1)Nc1ccc(F)cc1. The number of piperidine rings is 1. The van der Waals surface area contributed by atoms with E-state index in [-0.39, 0.29) is 6.10 Å². The van der Waals surface area contributed by atoms with Crippen LogP contribution in [0.3, 0.4) is 0 Å². The minimum Gasteiger partial charge on any atom is -0.379 e. The summed E-state index contributed by atoms with van der Waals surface area (Å²) in [7, 11) is -3.48. The van der Waals surface area contributed by atoms with E-state index < -0.39 is 22.1 Å². The average molecular weight is 402 g/mol. The maximum Gasteiger partial charge on any atom is 0.343 e. The van der Waals surface area contributed by atoms with E-state index in [4.69, 9.17) is 9.57 Å². The number of carbonyl (C=O) groups excluding carboxylic acids is 1. The number of urea groups is 1. The van der Waals surface area contributed by atoms with E-state index >= 15 is 0 Å². The van der Waals surface area contributed by atoms with Crippen LogP contribution >= 0.6 is 0 Å². The van der Waals surface area contributed by atoms with Crippen molar-refractivity contribution in [3.05, 3.63) is 30.1 Å². The van der Waals surface area contributed by atoms with Crippen LogP contribution in [-0.2, 0) is 19.8 Å². The smallest absolute Gasteiger partial charge is 0.343 e. The fourth-order valence-electron chi connectivity index (χ4n) is 2.95. The number of hydrogen-bond donors (Lipinski definition) is 2. The van der Waals surface area contributed by atoms with Gasteiger partial charge in [0.15, 0.2) is 0 Å². The molecule has 2 heterocycles. The number of anilines is 1. The van der Waals surface area contributed by atoms with Crippen molar-refractivity contribution in [1.29, 1.82) is 0 Å². The van der Waals surface area contributed by atoms with Gasteiger partial charge >= 0.3 is 6.03 Å². The van der Waals surface area contributed by atoms with Crippen molar-refractivity contribution in [2.75, 3.05) is 44.7 Å². The number of ether oxygens (including phenoxy) is 1. The molecule has 1 aromatic rings. The van der Waals surface area contributed by atoms with E-state index in [9.17, 15) is 17.6 Å². The number of halogens is 1. The van der Waals surface area contributed by atoms with E-state index in [1.54, 1.807) is 0 Å². The van der Waals surface area contributed by atoms with Gasteiger partial charge in [-0.3, -0.25) is 4.84 Å². The van der Waals surface area contributed by atoms with E-state index in [2.05, 4.69) is 10.8 Å². The highest BCUT2D eigenvalue weighted by molar-refractivity contribution is 7.86. The Bertz CT molecular complexity index is 732. The van der Waals surface area contributed by atoms with Crippen molar-refractivity contribution in [2.24, 2.45) is 0 Å². The molecule has 0 saturated carbocycles. The summed E-state index contributed by atoms with van der Waals surface area (Å²) >= 11 is 0. The Morgan fingerprint density at radius 1 is 1.07 bits per heavy atom. The summed E-state index contributed by atoms with van der Waals surface area (Å²) < 4.78 is 46.1. The molecule has 0 radical (unpaired) electrons. The Morgan fingerprint density at radius 2 is 1.67 bits per heavy atom. The van der Waals surface area contributed by atoms with Crippen molar-refractivity contribution < 1.29 is 27.2 Å². The number of nitrogens with zero attached hydrogens (tertiary/aromatic N) is 2. The highest BCUT2D eigenvalue weighted by Gasteiger charge is 2.34. The second kappa shape index (κ2) is 8.93. The number of benzene rings is 1. The monoisotopic (exact) mass is 402 g/mol. The zero-order valence-electron chi connectivity index (χ0n) is 14.8. The lowest BCUT2D eigenvalue weighted by molar-refractivity contribution is -0.0255. The van der Waals surface area contributed by atoms with Crippen LogP contribution in [0.2, 0.25) is 0 Å². The largest absolute Gasteiger partial charge is 0.379 e. The lowest BCUT2D eigenvalue weighted by atomic mass is 10.1. The van der Waals surface area contributed by atoms with Crippen LogP contribution in [0, 0.1) is 5.82 Å². The molecule has 2 saturated heterocycles. The van der Waals surface area contributed by atoms with Crippen LogP contribution < -0.4 is 10.8 Å². The molecule has 9 nitrogen and oxygen atoms in total. The first-order valence-electron chi connectivity index (χ1n) is 8.76. The molecule has 2 amide bonds. The lowest BCUT2D eigenvalue weighted by Crippen LogP contribution is -2.51. The molecule has 11 heteroatoms. The molecule has 0 spiro atoms. The predicted molar refractivity (Wildman–Crippen MR) is 95.5 cm³/mol. The molecule has 2 fully saturated rings. The maximum absolute atomic E-state index is 12.8. The van der Waals surface area contributed by atoms with E-state index in [0.717, 1.165) is 0 Å². The second-order valence-corrected chi connectivity index (χ2v) is 8.23. The number of hydrogen-bond acceptors (Lipinski definition) is 5. The molecule has 0 aliphatic carbocycles. The zero-order chi connectivity index (χ0) is 19.3. The first kappa shape index (κ1) is 20.0. The summed E-state index contributed by atoms with van der Waals surface area (Å²) in [6.07, 6.45) is 0.668. The van der Waals surface area contributed by atoms with Crippen molar-refractivity contribution in [2.45, 2.75) is 18.9 Å². The van der Waals surface area contributed by atoms with E-state index in [1.165, 1.54) is 32.9 Å². The van der Waals surface area contributed by atoms with E-state index in [0.29, 0.717) is 57.9 Å². The first-order chi connectivity index (χ1) is 12.9. The molecule has 3 rings (SSSR count). The fourth-order valence-corrected chi connectivity index (χ4v) is 4.56. The molecule has 1 aromatic carbocycles. The van der Waals surface area contributed by atoms with Crippen LogP contribution in [0.4, 0.5) is 14.9 Å². The summed E-state index contributed by atoms with van der Waals surface area (Å²) in [4.78, 5) is 17.2. The third kappa shape index (κ3) is 5.36. The van der Waals surface area contributed by atoms with Crippen LogP contribution in [-0.4, -0.2) is 68.6 Å². The van der Waals surface area contributed by atoms with Crippen LogP contribution in [0.15, 0.2) is 24.3 Å². The van der Waals surface area contributed by atoms with Gasteiger partial charge < -0.3 is 10.1 Å². The first-order valence-corrected chi connectivity index (χ1v) is 10.2. The number of morpholine rings is 1. The van der Waals surface area contributed by atoms with Crippen molar-refractivity contribution in [3.8, 4) is 0 Å². The zero-order valence-corrected chi connectivity index (χ0v) is 15.6. The van der Waals surface area contributed by atoms with Crippen LogP contribution in [0.25, 0.3) is 0 Å². The van der Waals surface area contributed by atoms with Crippen molar-refractivity contribution >= 4 is 21.9 Å². The molecule has 2 N–H and O–H groups in total. The van der Waals surface area contributed by atoms with Gasteiger partial charge in [0, 0.05) is 31.9 Å². The minimum atomic E-state index is -3.48. The van der Waals surface area contributed by atoms with Crippen molar-refractivity contribution in [1.82, 2.24) is 14.1 Å². The standard InChI is InChI=1S/C16H23FN4O5S/c17-13-1-3-14(4-2-13)18-16(22)19-26-15-5-7-20(8-6-15)27(23,24)21-9-11-25-12-10-21/h1-4,15H,5-12H2,(H2,18,19,22). The van der Waals surface area contributed by atoms with Gasteiger partial charge in [0.1, 0.15) is 5.82 Å². The molecule has 2 aliphatic rings. The van der Waals surface area contributed by atoms with Gasteiger partial charge in [0.05, 0.1) is 19.3 Å². The summed E-state index contributed by atoms with van der Waals surface area (Å²) in [5, 5.41) is 2.52. The number of nitrogens with one attached hydrogen (secondary N) is 2. The fraction of sp³-hybridized carbons (Fsp3) is 0.562. The number of amides is 2. The molecular formula is C16H23FN4O5S. The highest BCUT2D eigenvalue weighted by atomic mass is 32.2. The van der Waals surface area contributed by atoms with Gasteiger partial charge in [-0.1, -0.05) is 0 Å². The maximum atomic E-state index is 12.8. The van der Waals surface area contributed by atoms with Gasteiger partial charge in [-0.15, -0.1) is 0 Å². The number of rotatable bonds is 5. The Hall–Kier alpha value is -1.79. The second-order valence-electron chi connectivity index (χ2n) is 6.30. The number of carbonyl (C=O) groups is 1. The normalized spacial score (nSPS) is 20.3. The Balaban J connectivity index is 1.41.